The Morgan fingerprint density at radius 1 is 1.56 bits per heavy atom. The highest BCUT2D eigenvalue weighted by atomic mass is 35.5. The Morgan fingerprint density at radius 3 is 2.88 bits per heavy atom. The molecule has 0 aromatic heterocycles. The Kier molecular flexibility index (Phi) is 5.03. The quantitative estimate of drug-likeness (QED) is 0.831. The van der Waals surface area contributed by atoms with E-state index < -0.39 is 5.82 Å². The van der Waals surface area contributed by atoms with E-state index in [-0.39, 0.29) is 22.5 Å². The van der Waals surface area contributed by atoms with Crippen molar-refractivity contribution in [2.45, 2.75) is 19.4 Å². The zero-order valence-corrected chi connectivity index (χ0v) is 10.3. The van der Waals surface area contributed by atoms with Crippen LogP contribution in [0.25, 0.3) is 0 Å². The number of hydrogen-bond acceptors (Lipinski definition) is 1. The number of rotatable bonds is 4. The molecule has 0 spiro atoms. The highest BCUT2D eigenvalue weighted by Crippen LogP contribution is 2.19. The van der Waals surface area contributed by atoms with Crippen LogP contribution in [0, 0.1) is 5.82 Å². The van der Waals surface area contributed by atoms with Crippen LogP contribution in [0.3, 0.4) is 0 Å². The third-order valence-corrected chi connectivity index (χ3v) is 2.72. The Morgan fingerprint density at radius 2 is 2.25 bits per heavy atom. The maximum Gasteiger partial charge on any atom is 0.253 e. The Bertz CT molecular complexity index is 384. The van der Waals surface area contributed by atoms with E-state index in [2.05, 4.69) is 5.32 Å². The minimum absolute atomic E-state index is 0.0654. The molecule has 0 saturated heterocycles. The number of benzene rings is 1. The van der Waals surface area contributed by atoms with Crippen LogP contribution in [-0.4, -0.2) is 17.8 Å². The monoisotopic (exact) mass is 263 g/mol. The zero-order valence-electron chi connectivity index (χ0n) is 8.77. The molecular weight excluding hydrogens is 252 g/mol. The molecule has 0 heterocycles. The largest absolute Gasteiger partial charge is 0.349 e. The van der Waals surface area contributed by atoms with Gasteiger partial charge in [0.1, 0.15) is 5.82 Å². The summed E-state index contributed by atoms with van der Waals surface area (Å²) in [6.45, 7) is 1.83. The van der Waals surface area contributed by atoms with Crippen molar-refractivity contribution in [3.05, 3.63) is 34.6 Å². The van der Waals surface area contributed by atoms with Crippen LogP contribution < -0.4 is 5.32 Å². The molecule has 0 aliphatic rings. The molecule has 2 nitrogen and oxygen atoms in total. The van der Waals surface area contributed by atoms with Crippen molar-refractivity contribution >= 4 is 29.1 Å². The van der Waals surface area contributed by atoms with Crippen LogP contribution in [0.15, 0.2) is 18.2 Å². The average Bonchev–Trinajstić information content (AvgIpc) is 2.22. The lowest BCUT2D eigenvalue weighted by Gasteiger charge is -2.13. The SMILES string of the molecule is CC(CCCl)NC(=O)c1cccc(F)c1Cl. The number of hydrogen-bond donors (Lipinski definition) is 1. The average molecular weight is 264 g/mol. The smallest absolute Gasteiger partial charge is 0.253 e. The van der Waals surface area contributed by atoms with Crippen molar-refractivity contribution in [3.8, 4) is 0 Å². The van der Waals surface area contributed by atoms with Gasteiger partial charge in [-0.2, -0.15) is 0 Å². The molecular formula is C11H12Cl2FNO. The van der Waals surface area contributed by atoms with E-state index in [9.17, 15) is 9.18 Å². The summed E-state index contributed by atoms with van der Waals surface area (Å²) >= 11 is 11.2. The van der Waals surface area contributed by atoms with Crippen LogP contribution in [0.5, 0.6) is 0 Å². The second-order valence-corrected chi connectivity index (χ2v) is 4.21. The van der Waals surface area contributed by atoms with Gasteiger partial charge in [-0.15, -0.1) is 11.6 Å². The Labute approximate surface area is 104 Å². The van der Waals surface area contributed by atoms with Gasteiger partial charge in [0.15, 0.2) is 0 Å². The van der Waals surface area contributed by atoms with Crippen molar-refractivity contribution < 1.29 is 9.18 Å². The number of nitrogens with one attached hydrogen (secondary N) is 1. The van der Waals surface area contributed by atoms with E-state index in [1.54, 1.807) is 0 Å². The van der Waals surface area contributed by atoms with E-state index in [0.717, 1.165) is 0 Å². The lowest BCUT2D eigenvalue weighted by Crippen LogP contribution is -2.33. The molecule has 0 fully saturated rings. The minimum atomic E-state index is -0.598. The molecule has 0 saturated carbocycles. The van der Waals surface area contributed by atoms with Gasteiger partial charge in [-0.3, -0.25) is 4.79 Å². The number of alkyl halides is 1. The van der Waals surface area contributed by atoms with Crippen LogP contribution in [0.4, 0.5) is 4.39 Å². The highest BCUT2D eigenvalue weighted by Gasteiger charge is 2.14. The molecule has 1 aromatic rings. The van der Waals surface area contributed by atoms with Gasteiger partial charge in [0.25, 0.3) is 5.91 Å². The first-order chi connectivity index (χ1) is 7.56. The molecule has 88 valence electrons. The van der Waals surface area contributed by atoms with Crippen molar-refractivity contribution in [1.29, 1.82) is 0 Å². The fourth-order valence-corrected chi connectivity index (χ4v) is 1.76. The summed E-state index contributed by atoms with van der Waals surface area (Å²) in [5.41, 5.74) is 0.142. The summed E-state index contributed by atoms with van der Waals surface area (Å²) in [6, 6.07) is 4.07. The number of carbonyl (C=O) groups is 1. The predicted octanol–water partition coefficient (Wildman–Crippen LogP) is 3.23. The standard InChI is InChI=1S/C11H12Cl2FNO/c1-7(5-6-12)15-11(16)8-3-2-4-9(14)10(8)13/h2-4,7H,5-6H2,1H3,(H,15,16). The third kappa shape index (κ3) is 3.35. The summed E-state index contributed by atoms with van der Waals surface area (Å²) in [6.07, 6.45) is 0.653. The number of halogens is 3. The molecule has 1 atom stereocenters. The van der Waals surface area contributed by atoms with E-state index in [0.29, 0.717) is 12.3 Å². The lowest BCUT2D eigenvalue weighted by molar-refractivity contribution is 0.0939. The molecule has 5 heteroatoms. The van der Waals surface area contributed by atoms with Crippen molar-refractivity contribution in [2.75, 3.05) is 5.88 Å². The van der Waals surface area contributed by atoms with Gasteiger partial charge in [0.05, 0.1) is 10.6 Å². The summed E-state index contributed by atoms with van der Waals surface area (Å²) in [4.78, 5) is 11.7. The zero-order chi connectivity index (χ0) is 12.1. The first kappa shape index (κ1) is 13.3. The molecule has 0 radical (unpaired) electrons. The van der Waals surface area contributed by atoms with Gasteiger partial charge >= 0.3 is 0 Å². The fourth-order valence-electron chi connectivity index (χ4n) is 1.22. The van der Waals surface area contributed by atoms with E-state index >= 15 is 0 Å². The summed E-state index contributed by atoms with van der Waals surface area (Å²) in [7, 11) is 0. The van der Waals surface area contributed by atoms with Crippen LogP contribution in [0.2, 0.25) is 5.02 Å². The van der Waals surface area contributed by atoms with Gasteiger partial charge in [-0.1, -0.05) is 17.7 Å². The Hall–Kier alpha value is -0.800. The van der Waals surface area contributed by atoms with Crippen molar-refractivity contribution in [3.63, 3.8) is 0 Å². The van der Waals surface area contributed by atoms with Gasteiger partial charge in [0.2, 0.25) is 0 Å². The van der Waals surface area contributed by atoms with Gasteiger partial charge < -0.3 is 5.32 Å². The van der Waals surface area contributed by atoms with E-state index in [1.807, 2.05) is 6.92 Å². The first-order valence-corrected chi connectivity index (χ1v) is 5.78. The van der Waals surface area contributed by atoms with Gasteiger partial charge in [-0.05, 0) is 25.5 Å². The molecule has 1 N–H and O–H groups in total. The van der Waals surface area contributed by atoms with Gasteiger partial charge in [0, 0.05) is 11.9 Å². The number of amides is 1. The Balaban J connectivity index is 2.77. The topological polar surface area (TPSA) is 29.1 Å². The second kappa shape index (κ2) is 6.06. The second-order valence-electron chi connectivity index (χ2n) is 3.45. The van der Waals surface area contributed by atoms with Crippen molar-refractivity contribution in [1.82, 2.24) is 5.32 Å². The molecule has 1 unspecified atom stereocenters. The van der Waals surface area contributed by atoms with Crippen LogP contribution in [0.1, 0.15) is 23.7 Å². The summed E-state index contributed by atoms with van der Waals surface area (Å²) in [5, 5.41) is 2.54. The van der Waals surface area contributed by atoms with Crippen LogP contribution in [-0.2, 0) is 0 Å². The molecule has 0 aliphatic carbocycles. The molecule has 1 aromatic carbocycles. The van der Waals surface area contributed by atoms with E-state index in [4.69, 9.17) is 23.2 Å². The normalized spacial score (nSPS) is 12.2. The molecule has 1 rings (SSSR count). The molecule has 0 aliphatic heterocycles. The highest BCUT2D eigenvalue weighted by molar-refractivity contribution is 6.34. The molecule has 16 heavy (non-hydrogen) atoms. The minimum Gasteiger partial charge on any atom is -0.349 e. The third-order valence-electron chi connectivity index (χ3n) is 2.12. The lowest BCUT2D eigenvalue weighted by atomic mass is 10.2. The summed E-state index contributed by atoms with van der Waals surface area (Å²) < 4.78 is 13.1. The predicted molar refractivity (Wildman–Crippen MR) is 63.7 cm³/mol. The maximum atomic E-state index is 13.1. The molecule has 1 amide bonds. The first-order valence-electron chi connectivity index (χ1n) is 4.87. The van der Waals surface area contributed by atoms with Gasteiger partial charge in [-0.25, -0.2) is 4.39 Å². The van der Waals surface area contributed by atoms with Crippen molar-refractivity contribution in [2.24, 2.45) is 0 Å². The van der Waals surface area contributed by atoms with E-state index in [1.165, 1.54) is 18.2 Å². The van der Waals surface area contributed by atoms with Crippen LogP contribution >= 0.6 is 23.2 Å². The maximum absolute atomic E-state index is 13.1. The summed E-state index contributed by atoms with van der Waals surface area (Å²) in [5.74, 6) is -0.528. The molecule has 0 bridgehead atoms. The fraction of sp³-hybridized carbons (Fsp3) is 0.364. The number of carbonyl (C=O) groups excluding carboxylic acids is 1.